The summed E-state index contributed by atoms with van der Waals surface area (Å²) in [4.78, 5) is 2.47. The van der Waals surface area contributed by atoms with Gasteiger partial charge in [-0.15, -0.1) is 10.2 Å². The zero-order valence-corrected chi connectivity index (χ0v) is 16.1. The average molecular weight is 361 g/mol. The molecular weight excluding hydrogens is 334 g/mol. The predicted molar refractivity (Wildman–Crippen MR) is 107 cm³/mol. The molecule has 1 saturated heterocycles. The van der Waals surface area contributed by atoms with Gasteiger partial charge in [-0.3, -0.25) is 4.90 Å². The van der Waals surface area contributed by atoms with E-state index in [4.69, 9.17) is 4.42 Å². The predicted octanol–water partition coefficient (Wildman–Crippen LogP) is 5.06. The van der Waals surface area contributed by atoms with Gasteiger partial charge in [-0.2, -0.15) is 0 Å². The van der Waals surface area contributed by atoms with Crippen LogP contribution in [0.3, 0.4) is 0 Å². The molecule has 4 heteroatoms. The zero-order chi connectivity index (χ0) is 18.6. The van der Waals surface area contributed by atoms with Crippen molar-refractivity contribution in [3.63, 3.8) is 0 Å². The Morgan fingerprint density at radius 1 is 1.04 bits per heavy atom. The van der Waals surface area contributed by atoms with E-state index in [-0.39, 0.29) is 6.04 Å². The second-order valence-corrected chi connectivity index (χ2v) is 7.66. The Morgan fingerprint density at radius 3 is 2.56 bits per heavy atom. The molecule has 27 heavy (non-hydrogen) atoms. The molecule has 1 aliphatic rings. The van der Waals surface area contributed by atoms with Crippen LogP contribution in [0.15, 0.2) is 59.0 Å². The first-order chi connectivity index (χ1) is 13.2. The van der Waals surface area contributed by atoms with Gasteiger partial charge < -0.3 is 4.42 Å². The Bertz CT molecular complexity index is 866. The highest BCUT2D eigenvalue weighted by atomic mass is 16.4. The monoisotopic (exact) mass is 361 g/mol. The smallest absolute Gasteiger partial charge is 0.247 e. The van der Waals surface area contributed by atoms with E-state index < -0.39 is 0 Å². The molecule has 1 aliphatic heterocycles. The number of hydrogen-bond donors (Lipinski definition) is 0. The molecule has 0 saturated carbocycles. The number of piperidine rings is 1. The van der Waals surface area contributed by atoms with Gasteiger partial charge in [0, 0.05) is 5.56 Å². The molecule has 4 rings (SSSR count). The number of rotatable bonds is 5. The SMILES string of the molecule is Cc1cccc(-c2nnc([C@@H](C)N3CCC(Cc4ccccc4)CC3)o2)c1. The lowest BCUT2D eigenvalue weighted by atomic mass is 9.89. The third-order valence-corrected chi connectivity index (χ3v) is 5.63. The summed E-state index contributed by atoms with van der Waals surface area (Å²) in [6, 6.07) is 19.2. The average Bonchev–Trinajstić information content (AvgIpc) is 3.19. The van der Waals surface area contributed by atoms with Crippen LogP contribution in [0.4, 0.5) is 0 Å². The fourth-order valence-corrected chi connectivity index (χ4v) is 3.95. The highest BCUT2D eigenvalue weighted by molar-refractivity contribution is 5.53. The summed E-state index contributed by atoms with van der Waals surface area (Å²) in [5.74, 6) is 2.09. The van der Waals surface area contributed by atoms with Crippen molar-refractivity contribution in [2.75, 3.05) is 13.1 Å². The maximum atomic E-state index is 6.00. The third-order valence-electron chi connectivity index (χ3n) is 5.63. The van der Waals surface area contributed by atoms with Crippen molar-refractivity contribution < 1.29 is 4.42 Å². The second kappa shape index (κ2) is 8.05. The van der Waals surface area contributed by atoms with Crippen LogP contribution in [-0.4, -0.2) is 28.2 Å². The lowest BCUT2D eigenvalue weighted by Gasteiger charge is -2.34. The van der Waals surface area contributed by atoms with Gasteiger partial charge in [0.25, 0.3) is 0 Å². The van der Waals surface area contributed by atoms with E-state index in [1.807, 2.05) is 12.1 Å². The summed E-state index contributed by atoms with van der Waals surface area (Å²) in [5, 5.41) is 8.60. The van der Waals surface area contributed by atoms with Crippen molar-refractivity contribution >= 4 is 0 Å². The van der Waals surface area contributed by atoms with Gasteiger partial charge in [-0.25, -0.2) is 0 Å². The molecule has 1 fully saturated rings. The van der Waals surface area contributed by atoms with Crippen molar-refractivity contribution in [3.05, 3.63) is 71.6 Å². The molecule has 0 unspecified atom stereocenters. The molecule has 2 heterocycles. The Balaban J connectivity index is 1.36. The van der Waals surface area contributed by atoms with Gasteiger partial charge in [-0.1, -0.05) is 48.0 Å². The number of hydrogen-bond acceptors (Lipinski definition) is 4. The summed E-state index contributed by atoms with van der Waals surface area (Å²) in [5.41, 5.74) is 3.63. The van der Waals surface area contributed by atoms with Gasteiger partial charge in [0.05, 0.1) is 6.04 Å². The first-order valence-electron chi connectivity index (χ1n) is 9.87. The van der Waals surface area contributed by atoms with Crippen molar-refractivity contribution in [1.82, 2.24) is 15.1 Å². The van der Waals surface area contributed by atoms with E-state index in [1.165, 1.54) is 30.4 Å². The minimum atomic E-state index is 0.161. The molecule has 1 aromatic heterocycles. The third kappa shape index (κ3) is 4.28. The van der Waals surface area contributed by atoms with Crippen LogP contribution in [0.25, 0.3) is 11.5 Å². The number of benzene rings is 2. The quantitative estimate of drug-likeness (QED) is 0.637. The van der Waals surface area contributed by atoms with E-state index in [2.05, 4.69) is 71.4 Å². The fourth-order valence-electron chi connectivity index (χ4n) is 3.95. The molecule has 1 atom stereocenters. The molecule has 0 aliphatic carbocycles. The highest BCUT2D eigenvalue weighted by Gasteiger charge is 2.26. The molecule has 4 nitrogen and oxygen atoms in total. The van der Waals surface area contributed by atoms with Crippen molar-refractivity contribution in [3.8, 4) is 11.5 Å². The molecule has 0 N–H and O–H groups in total. The summed E-state index contributed by atoms with van der Waals surface area (Å²) in [7, 11) is 0. The van der Waals surface area contributed by atoms with Crippen molar-refractivity contribution in [2.45, 2.75) is 39.2 Å². The fraction of sp³-hybridized carbons (Fsp3) is 0.391. The standard InChI is InChI=1S/C23H27N3O/c1-17-7-6-10-21(15-17)23-25-24-22(27-23)18(2)26-13-11-20(12-14-26)16-19-8-4-3-5-9-19/h3-10,15,18,20H,11-14,16H2,1-2H3/t18-/m1/s1. The minimum absolute atomic E-state index is 0.161. The number of nitrogens with zero attached hydrogens (tertiary/aromatic N) is 3. The van der Waals surface area contributed by atoms with Crippen LogP contribution in [0, 0.1) is 12.8 Å². The highest BCUT2D eigenvalue weighted by Crippen LogP contribution is 2.29. The number of likely N-dealkylation sites (tertiary alicyclic amines) is 1. The van der Waals surface area contributed by atoms with Crippen LogP contribution in [-0.2, 0) is 6.42 Å². The molecule has 2 aromatic carbocycles. The maximum Gasteiger partial charge on any atom is 0.247 e. The van der Waals surface area contributed by atoms with Gasteiger partial charge >= 0.3 is 0 Å². The molecule has 0 radical (unpaired) electrons. The van der Waals surface area contributed by atoms with Crippen LogP contribution < -0.4 is 0 Å². The van der Waals surface area contributed by atoms with Gasteiger partial charge in [0.1, 0.15) is 0 Å². The zero-order valence-electron chi connectivity index (χ0n) is 16.1. The first-order valence-corrected chi connectivity index (χ1v) is 9.87. The summed E-state index contributed by atoms with van der Waals surface area (Å²) in [6.45, 7) is 6.41. The minimum Gasteiger partial charge on any atom is -0.419 e. The number of aromatic nitrogens is 2. The van der Waals surface area contributed by atoms with Crippen LogP contribution in [0.2, 0.25) is 0 Å². The summed E-state index contributed by atoms with van der Waals surface area (Å²) in [6.07, 6.45) is 3.62. The maximum absolute atomic E-state index is 6.00. The lowest BCUT2D eigenvalue weighted by molar-refractivity contribution is 0.125. The summed E-state index contributed by atoms with van der Waals surface area (Å²) >= 11 is 0. The van der Waals surface area contributed by atoms with E-state index in [9.17, 15) is 0 Å². The van der Waals surface area contributed by atoms with Crippen LogP contribution in [0.5, 0.6) is 0 Å². The largest absolute Gasteiger partial charge is 0.419 e. The molecule has 0 amide bonds. The Kier molecular flexibility index (Phi) is 5.35. The van der Waals surface area contributed by atoms with Crippen LogP contribution >= 0.6 is 0 Å². The Hall–Kier alpha value is -2.46. The normalized spacial score (nSPS) is 17.1. The molecule has 3 aromatic rings. The van der Waals surface area contributed by atoms with Crippen molar-refractivity contribution in [1.29, 1.82) is 0 Å². The Morgan fingerprint density at radius 2 is 1.81 bits per heavy atom. The molecule has 0 bridgehead atoms. The van der Waals surface area contributed by atoms with Crippen LogP contribution in [0.1, 0.15) is 42.8 Å². The number of aryl methyl sites for hydroxylation is 1. The Labute approximate surface area is 161 Å². The summed E-state index contributed by atoms with van der Waals surface area (Å²) < 4.78 is 6.00. The van der Waals surface area contributed by atoms with Gasteiger partial charge in [0.2, 0.25) is 11.8 Å². The van der Waals surface area contributed by atoms with E-state index >= 15 is 0 Å². The molecule has 140 valence electrons. The first kappa shape index (κ1) is 17.9. The van der Waals surface area contributed by atoms with E-state index in [0.717, 1.165) is 24.6 Å². The van der Waals surface area contributed by atoms with E-state index in [1.54, 1.807) is 0 Å². The van der Waals surface area contributed by atoms with Gasteiger partial charge in [0.15, 0.2) is 0 Å². The van der Waals surface area contributed by atoms with Crippen molar-refractivity contribution in [2.24, 2.45) is 5.92 Å². The lowest BCUT2D eigenvalue weighted by Crippen LogP contribution is -2.36. The van der Waals surface area contributed by atoms with Gasteiger partial charge in [-0.05, 0) is 69.8 Å². The van der Waals surface area contributed by atoms with E-state index in [0.29, 0.717) is 11.8 Å². The molecular formula is C23H27N3O. The second-order valence-electron chi connectivity index (χ2n) is 7.66. The topological polar surface area (TPSA) is 42.2 Å². The molecule has 0 spiro atoms.